The van der Waals surface area contributed by atoms with E-state index in [-0.39, 0.29) is 0 Å². The van der Waals surface area contributed by atoms with Crippen molar-refractivity contribution in [1.82, 2.24) is 24.5 Å². The van der Waals surface area contributed by atoms with Crippen molar-refractivity contribution in [2.75, 3.05) is 0 Å². The summed E-state index contributed by atoms with van der Waals surface area (Å²) >= 11 is 0. The molecule has 0 aliphatic rings. The van der Waals surface area contributed by atoms with Gasteiger partial charge in [0.1, 0.15) is 11.2 Å². The molecule has 13 rings (SSSR count). The lowest BCUT2D eigenvalue weighted by atomic mass is 9.90. The van der Waals surface area contributed by atoms with Crippen molar-refractivity contribution in [2.24, 2.45) is 0 Å². The van der Waals surface area contributed by atoms with Crippen LogP contribution in [-0.2, 0) is 0 Å². The molecule has 0 atom stereocenters. The van der Waals surface area contributed by atoms with Gasteiger partial charge in [-0.15, -0.1) is 0 Å². The number of rotatable bonds is 8. The van der Waals surface area contributed by atoms with Crippen molar-refractivity contribution in [3.63, 3.8) is 0 Å². The zero-order valence-electron chi connectivity index (χ0n) is 36.7. The van der Waals surface area contributed by atoms with Crippen molar-refractivity contribution >= 4 is 43.7 Å². The van der Waals surface area contributed by atoms with Crippen LogP contribution in [0.4, 0.5) is 0 Å². The first-order chi connectivity index (χ1) is 33.7. The second-order valence-corrected chi connectivity index (χ2v) is 17.0. The number of nitrogens with zero attached hydrogens (tertiary/aromatic N) is 5. The van der Waals surface area contributed by atoms with Gasteiger partial charge < -0.3 is 8.98 Å². The Labute approximate surface area is 392 Å². The minimum atomic E-state index is 0.504. The normalized spacial score (nSPS) is 11.5. The smallest absolute Gasteiger partial charge is 0.166 e. The number of benzene rings is 9. The highest BCUT2D eigenvalue weighted by Gasteiger charge is 2.24. The minimum absolute atomic E-state index is 0.504. The summed E-state index contributed by atoms with van der Waals surface area (Å²) < 4.78 is 9.56. The first-order valence-electron chi connectivity index (χ1n) is 22.8. The predicted molar refractivity (Wildman–Crippen MR) is 277 cm³/mol. The molecule has 0 aliphatic carbocycles. The summed E-state index contributed by atoms with van der Waals surface area (Å²) in [5, 5.41) is 4.23. The molecule has 4 aromatic heterocycles. The van der Waals surface area contributed by atoms with Crippen molar-refractivity contribution in [2.45, 2.75) is 0 Å². The number of para-hydroxylation sites is 3. The second-order valence-electron chi connectivity index (χ2n) is 17.0. The van der Waals surface area contributed by atoms with Crippen molar-refractivity contribution in [3.05, 3.63) is 237 Å². The summed E-state index contributed by atoms with van der Waals surface area (Å²) in [5.74, 6) is 1.64. The monoisotopic (exact) mass is 869 g/mol. The van der Waals surface area contributed by atoms with Crippen LogP contribution in [-0.4, -0.2) is 24.5 Å². The van der Waals surface area contributed by atoms with Crippen molar-refractivity contribution in [1.29, 1.82) is 0 Å². The van der Waals surface area contributed by atoms with Crippen LogP contribution in [0.3, 0.4) is 0 Å². The molecule has 0 spiro atoms. The molecule has 13 aromatic rings. The van der Waals surface area contributed by atoms with Gasteiger partial charge in [-0.05, 0) is 76.3 Å². The number of pyridine rings is 1. The van der Waals surface area contributed by atoms with Gasteiger partial charge in [0.15, 0.2) is 17.5 Å². The fraction of sp³-hybridized carbons (Fsp3) is 0. The van der Waals surface area contributed by atoms with E-state index in [4.69, 9.17) is 24.4 Å². The summed E-state index contributed by atoms with van der Waals surface area (Å²) in [6.07, 6.45) is 1.99. The molecule has 0 fully saturated rings. The Morgan fingerprint density at radius 1 is 0.324 bits per heavy atom. The summed E-state index contributed by atoms with van der Waals surface area (Å²) in [5.41, 5.74) is 15.3. The van der Waals surface area contributed by atoms with Crippen molar-refractivity contribution < 1.29 is 4.42 Å². The standard InChI is InChI=1S/C62H39N5O/c1-6-19-40(20-7-1)44-33-34-47(41-21-8-2-9-22-41)52(37-44)45-38-53(62-65-60(42-23-10-3-11-24-42)64-61(66-62)43-25-12-4-13-26-43)57(63-39-45)51-31-18-30-48-49-35-36-55-56(59(49)68-58(48)51)50-29-16-17-32-54(50)67(55)46-27-14-5-15-28-46/h1-39H. The predicted octanol–water partition coefficient (Wildman–Crippen LogP) is 15.9. The Hall–Kier alpha value is -9.26. The van der Waals surface area contributed by atoms with Gasteiger partial charge in [-0.1, -0.05) is 182 Å². The Kier molecular flexibility index (Phi) is 9.39. The van der Waals surface area contributed by atoms with Gasteiger partial charge in [-0.3, -0.25) is 4.98 Å². The molecular formula is C62H39N5O. The van der Waals surface area contributed by atoms with Crippen molar-refractivity contribution in [3.8, 4) is 84.5 Å². The summed E-state index contributed by atoms with van der Waals surface area (Å²) in [6.45, 7) is 0. The second kappa shape index (κ2) is 16.3. The summed E-state index contributed by atoms with van der Waals surface area (Å²) in [6, 6.07) is 80.0. The number of aromatic nitrogens is 5. The van der Waals surface area contributed by atoms with Crippen LogP contribution in [0.25, 0.3) is 128 Å². The van der Waals surface area contributed by atoms with Crippen LogP contribution in [0, 0.1) is 0 Å². The molecule has 0 aliphatic heterocycles. The van der Waals surface area contributed by atoms with Gasteiger partial charge in [0.05, 0.1) is 22.1 Å². The first kappa shape index (κ1) is 39.1. The van der Waals surface area contributed by atoms with E-state index >= 15 is 0 Å². The Morgan fingerprint density at radius 2 is 0.882 bits per heavy atom. The van der Waals surface area contributed by atoms with E-state index in [0.29, 0.717) is 23.2 Å². The van der Waals surface area contributed by atoms with E-state index < -0.39 is 0 Å². The number of furan rings is 1. The average molecular weight is 870 g/mol. The Bertz CT molecular complexity index is 3940. The lowest BCUT2D eigenvalue weighted by molar-refractivity contribution is 0.674. The Morgan fingerprint density at radius 3 is 1.57 bits per heavy atom. The van der Waals surface area contributed by atoms with E-state index in [0.717, 1.165) is 105 Å². The van der Waals surface area contributed by atoms with Gasteiger partial charge in [0, 0.05) is 55.9 Å². The molecule has 0 amide bonds. The molecule has 6 nitrogen and oxygen atoms in total. The molecule has 0 bridgehead atoms. The molecule has 0 saturated carbocycles. The van der Waals surface area contributed by atoms with E-state index in [1.54, 1.807) is 0 Å². The first-order valence-corrected chi connectivity index (χ1v) is 22.8. The molecule has 9 aromatic carbocycles. The van der Waals surface area contributed by atoms with E-state index in [2.05, 4.69) is 168 Å². The topological polar surface area (TPSA) is 69.6 Å². The van der Waals surface area contributed by atoms with E-state index in [9.17, 15) is 0 Å². The maximum Gasteiger partial charge on any atom is 0.166 e. The van der Waals surface area contributed by atoms with Crippen LogP contribution in [0.5, 0.6) is 0 Å². The molecule has 4 heterocycles. The van der Waals surface area contributed by atoms with Crippen LogP contribution < -0.4 is 0 Å². The number of hydrogen-bond donors (Lipinski definition) is 0. The minimum Gasteiger partial charge on any atom is -0.455 e. The van der Waals surface area contributed by atoms with Crippen LogP contribution >= 0.6 is 0 Å². The number of hydrogen-bond acceptors (Lipinski definition) is 5. The highest BCUT2D eigenvalue weighted by Crippen LogP contribution is 2.45. The molecule has 0 N–H and O–H groups in total. The highest BCUT2D eigenvalue weighted by atomic mass is 16.3. The zero-order chi connectivity index (χ0) is 45.0. The van der Waals surface area contributed by atoms with E-state index in [1.165, 1.54) is 0 Å². The van der Waals surface area contributed by atoms with E-state index in [1.807, 2.05) is 72.9 Å². The summed E-state index contributed by atoms with van der Waals surface area (Å²) in [4.78, 5) is 21.1. The fourth-order valence-corrected chi connectivity index (χ4v) is 9.74. The molecular weight excluding hydrogens is 831 g/mol. The van der Waals surface area contributed by atoms with Gasteiger partial charge >= 0.3 is 0 Å². The van der Waals surface area contributed by atoms with Gasteiger partial charge in [-0.2, -0.15) is 0 Å². The molecule has 0 radical (unpaired) electrons. The van der Waals surface area contributed by atoms with Crippen LogP contribution in [0.2, 0.25) is 0 Å². The highest BCUT2D eigenvalue weighted by molar-refractivity contribution is 6.24. The third-order valence-corrected chi connectivity index (χ3v) is 12.9. The third-order valence-electron chi connectivity index (χ3n) is 12.9. The lowest BCUT2D eigenvalue weighted by Gasteiger charge is -2.16. The SMILES string of the molecule is c1ccc(-c2ccc(-c3ccccc3)c(-c3cnc(-c4cccc5c4oc4c5ccc5c4c4ccccc4n5-c4ccccc4)c(-c4nc(-c5ccccc5)nc(-c5ccccc5)n4)c3)c2)cc1. The molecule has 0 saturated heterocycles. The van der Waals surface area contributed by atoms with Crippen LogP contribution in [0.1, 0.15) is 0 Å². The maximum absolute atomic E-state index is 7.24. The molecule has 6 heteroatoms. The number of fused-ring (bicyclic) bond motifs is 7. The molecule has 0 unspecified atom stereocenters. The maximum atomic E-state index is 7.24. The lowest BCUT2D eigenvalue weighted by Crippen LogP contribution is -2.02. The quantitative estimate of drug-likeness (QED) is 0.152. The molecule has 68 heavy (non-hydrogen) atoms. The zero-order valence-corrected chi connectivity index (χ0v) is 36.7. The Balaban J connectivity index is 1.09. The van der Waals surface area contributed by atoms with Crippen LogP contribution in [0.15, 0.2) is 241 Å². The average Bonchev–Trinajstić information content (AvgIpc) is 3.98. The van der Waals surface area contributed by atoms with Gasteiger partial charge in [-0.25, -0.2) is 15.0 Å². The fourth-order valence-electron chi connectivity index (χ4n) is 9.74. The summed E-state index contributed by atoms with van der Waals surface area (Å²) in [7, 11) is 0. The molecule has 318 valence electrons. The third kappa shape index (κ3) is 6.66. The van der Waals surface area contributed by atoms with Gasteiger partial charge in [0.2, 0.25) is 0 Å². The van der Waals surface area contributed by atoms with Gasteiger partial charge in [0.25, 0.3) is 0 Å². The largest absolute Gasteiger partial charge is 0.455 e.